The Bertz CT molecular complexity index is 364. The van der Waals surface area contributed by atoms with E-state index >= 15 is 0 Å². The van der Waals surface area contributed by atoms with E-state index in [4.69, 9.17) is 16.3 Å². The smallest absolute Gasteiger partial charge is 0.166 e. The highest BCUT2D eigenvalue weighted by atomic mass is 35.5. The van der Waals surface area contributed by atoms with Crippen LogP contribution in [0.5, 0.6) is 5.75 Å². The van der Waals surface area contributed by atoms with Crippen molar-refractivity contribution in [2.75, 3.05) is 20.1 Å². The van der Waals surface area contributed by atoms with E-state index in [1.807, 2.05) is 0 Å². The normalized spacial score (nSPS) is 18.7. The van der Waals surface area contributed by atoms with Gasteiger partial charge in [-0.05, 0) is 38.1 Å². The molecule has 0 unspecified atom stereocenters. The van der Waals surface area contributed by atoms with Crippen LogP contribution in [-0.4, -0.2) is 31.1 Å². The number of halogens is 2. The molecule has 2 rings (SSSR count). The fourth-order valence-electron chi connectivity index (χ4n) is 1.85. The first-order chi connectivity index (χ1) is 7.65. The van der Waals surface area contributed by atoms with Gasteiger partial charge in [0.25, 0.3) is 0 Å². The molecule has 1 aliphatic rings. The largest absolute Gasteiger partial charge is 0.487 e. The second-order valence-corrected chi connectivity index (χ2v) is 4.63. The standard InChI is InChI=1S/C12H15ClFNO/c1-15-6-4-10(5-7-15)16-12-3-2-9(13)8-11(12)14/h2-3,8,10H,4-7H2,1H3. The van der Waals surface area contributed by atoms with Crippen LogP contribution in [0.1, 0.15) is 12.8 Å². The molecule has 0 atom stereocenters. The molecule has 1 saturated heterocycles. The number of nitrogens with zero attached hydrogens (tertiary/aromatic N) is 1. The van der Waals surface area contributed by atoms with E-state index in [2.05, 4.69) is 11.9 Å². The Morgan fingerprint density at radius 1 is 1.38 bits per heavy atom. The average molecular weight is 244 g/mol. The maximum Gasteiger partial charge on any atom is 0.166 e. The summed E-state index contributed by atoms with van der Waals surface area (Å²) in [5, 5.41) is 0.397. The molecule has 0 aromatic heterocycles. The van der Waals surface area contributed by atoms with Crippen molar-refractivity contribution in [1.82, 2.24) is 4.90 Å². The van der Waals surface area contributed by atoms with Crippen LogP contribution in [0.3, 0.4) is 0 Å². The summed E-state index contributed by atoms with van der Waals surface area (Å²) in [5.41, 5.74) is 0. The lowest BCUT2D eigenvalue weighted by Gasteiger charge is -2.29. The number of hydrogen-bond acceptors (Lipinski definition) is 2. The second-order valence-electron chi connectivity index (χ2n) is 4.20. The third-order valence-corrected chi connectivity index (χ3v) is 3.09. The van der Waals surface area contributed by atoms with E-state index in [0.717, 1.165) is 25.9 Å². The van der Waals surface area contributed by atoms with Gasteiger partial charge in [-0.3, -0.25) is 0 Å². The Morgan fingerprint density at radius 2 is 2.06 bits per heavy atom. The summed E-state index contributed by atoms with van der Waals surface area (Å²) in [6.45, 7) is 2.00. The van der Waals surface area contributed by atoms with Crippen LogP contribution in [-0.2, 0) is 0 Å². The number of likely N-dealkylation sites (tertiary alicyclic amines) is 1. The second kappa shape index (κ2) is 5.02. The van der Waals surface area contributed by atoms with Gasteiger partial charge in [-0.2, -0.15) is 0 Å². The molecule has 0 saturated carbocycles. The Hall–Kier alpha value is -0.800. The highest BCUT2D eigenvalue weighted by molar-refractivity contribution is 6.30. The highest BCUT2D eigenvalue weighted by Gasteiger charge is 2.19. The molecule has 4 heteroatoms. The van der Waals surface area contributed by atoms with Gasteiger partial charge in [-0.25, -0.2) is 4.39 Å². The van der Waals surface area contributed by atoms with Crippen LogP contribution in [0, 0.1) is 5.82 Å². The fourth-order valence-corrected chi connectivity index (χ4v) is 2.01. The summed E-state index contributed by atoms with van der Waals surface area (Å²) in [4.78, 5) is 2.25. The zero-order valence-electron chi connectivity index (χ0n) is 9.25. The van der Waals surface area contributed by atoms with Crippen molar-refractivity contribution in [1.29, 1.82) is 0 Å². The van der Waals surface area contributed by atoms with Crippen LogP contribution in [0.15, 0.2) is 18.2 Å². The van der Waals surface area contributed by atoms with Gasteiger partial charge in [0.15, 0.2) is 11.6 Å². The number of benzene rings is 1. The van der Waals surface area contributed by atoms with Gasteiger partial charge in [0.1, 0.15) is 6.10 Å². The third-order valence-electron chi connectivity index (χ3n) is 2.85. The van der Waals surface area contributed by atoms with Crippen molar-refractivity contribution in [3.8, 4) is 5.75 Å². The molecule has 1 aromatic rings. The lowest BCUT2D eigenvalue weighted by atomic mass is 10.1. The Balaban J connectivity index is 1.98. The van der Waals surface area contributed by atoms with Gasteiger partial charge in [-0.1, -0.05) is 11.6 Å². The van der Waals surface area contributed by atoms with E-state index < -0.39 is 0 Å². The Labute approximate surface area is 100.0 Å². The fraction of sp³-hybridized carbons (Fsp3) is 0.500. The molecule has 0 aliphatic carbocycles. The minimum absolute atomic E-state index is 0.117. The van der Waals surface area contributed by atoms with E-state index in [1.54, 1.807) is 12.1 Å². The first-order valence-corrected chi connectivity index (χ1v) is 5.83. The topological polar surface area (TPSA) is 12.5 Å². The molecule has 1 aromatic carbocycles. The van der Waals surface area contributed by atoms with E-state index in [9.17, 15) is 4.39 Å². The van der Waals surface area contributed by atoms with Crippen molar-refractivity contribution in [3.05, 3.63) is 29.0 Å². The highest BCUT2D eigenvalue weighted by Crippen LogP contribution is 2.24. The van der Waals surface area contributed by atoms with E-state index in [-0.39, 0.29) is 11.9 Å². The first-order valence-electron chi connectivity index (χ1n) is 5.45. The maximum absolute atomic E-state index is 13.5. The first kappa shape index (κ1) is 11.7. The van der Waals surface area contributed by atoms with Gasteiger partial charge < -0.3 is 9.64 Å². The molecular formula is C12H15ClFNO. The molecular weight excluding hydrogens is 229 g/mol. The van der Waals surface area contributed by atoms with Crippen LogP contribution < -0.4 is 4.74 Å². The lowest BCUT2D eigenvalue weighted by Crippen LogP contribution is -2.35. The van der Waals surface area contributed by atoms with Gasteiger partial charge in [-0.15, -0.1) is 0 Å². The molecule has 2 nitrogen and oxygen atoms in total. The van der Waals surface area contributed by atoms with Crippen LogP contribution >= 0.6 is 11.6 Å². The summed E-state index contributed by atoms with van der Waals surface area (Å²) < 4.78 is 19.1. The number of ether oxygens (including phenoxy) is 1. The Kier molecular flexibility index (Phi) is 3.66. The van der Waals surface area contributed by atoms with E-state index in [1.165, 1.54) is 6.07 Å². The summed E-state index contributed by atoms with van der Waals surface area (Å²) in [6, 6.07) is 4.52. The number of hydrogen-bond donors (Lipinski definition) is 0. The predicted octanol–water partition coefficient (Wildman–Crippen LogP) is 2.95. The number of rotatable bonds is 2. The van der Waals surface area contributed by atoms with Gasteiger partial charge in [0.2, 0.25) is 0 Å². The molecule has 88 valence electrons. The molecule has 16 heavy (non-hydrogen) atoms. The molecule has 0 amide bonds. The quantitative estimate of drug-likeness (QED) is 0.792. The van der Waals surface area contributed by atoms with Crippen LogP contribution in [0.25, 0.3) is 0 Å². The van der Waals surface area contributed by atoms with Crippen LogP contribution in [0.4, 0.5) is 4.39 Å². The van der Waals surface area contributed by atoms with Crippen molar-refractivity contribution < 1.29 is 9.13 Å². The zero-order chi connectivity index (χ0) is 11.5. The van der Waals surface area contributed by atoms with Crippen molar-refractivity contribution in [2.24, 2.45) is 0 Å². The summed E-state index contributed by atoms with van der Waals surface area (Å²) in [5.74, 6) is -0.0784. The minimum Gasteiger partial charge on any atom is -0.487 e. The van der Waals surface area contributed by atoms with Gasteiger partial charge in [0, 0.05) is 18.1 Å². The lowest BCUT2D eigenvalue weighted by molar-refractivity contribution is 0.110. The van der Waals surface area contributed by atoms with Crippen LogP contribution in [0.2, 0.25) is 5.02 Å². The van der Waals surface area contributed by atoms with Crippen molar-refractivity contribution in [3.63, 3.8) is 0 Å². The Morgan fingerprint density at radius 3 is 2.69 bits per heavy atom. The molecule has 1 aliphatic heterocycles. The molecule has 1 fully saturated rings. The number of piperidine rings is 1. The summed E-state index contributed by atoms with van der Waals surface area (Å²) in [7, 11) is 2.08. The SMILES string of the molecule is CN1CCC(Oc2ccc(Cl)cc2F)CC1. The summed E-state index contributed by atoms with van der Waals surface area (Å²) >= 11 is 5.68. The molecule has 0 radical (unpaired) electrons. The molecule has 1 heterocycles. The van der Waals surface area contributed by atoms with Crippen molar-refractivity contribution >= 4 is 11.6 Å². The molecule has 0 bridgehead atoms. The molecule has 0 N–H and O–H groups in total. The average Bonchev–Trinajstić information content (AvgIpc) is 2.25. The van der Waals surface area contributed by atoms with Gasteiger partial charge in [0.05, 0.1) is 0 Å². The third kappa shape index (κ3) is 2.86. The minimum atomic E-state index is -0.383. The van der Waals surface area contributed by atoms with Crippen molar-refractivity contribution in [2.45, 2.75) is 18.9 Å². The predicted molar refractivity (Wildman–Crippen MR) is 62.6 cm³/mol. The summed E-state index contributed by atoms with van der Waals surface area (Å²) in [6.07, 6.45) is 2.00. The molecule has 0 spiro atoms. The van der Waals surface area contributed by atoms with Gasteiger partial charge >= 0.3 is 0 Å². The maximum atomic E-state index is 13.5. The van der Waals surface area contributed by atoms with E-state index in [0.29, 0.717) is 10.8 Å². The monoisotopic (exact) mass is 243 g/mol. The zero-order valence-corrected chi connectivity index (χ0v) is 10.0.